The van der Waals surface area contributed by atoms with Crippen LogP contribution in [0.4, 0.5) is 5.13 Å². The van der Waals surface area contributed by atoms with Gasteiger partial charge in [-0.25, -0.2) is 4.98 Å². The summed E-state index contributed by atoms with van der Waals surface area (Å²) in [6.45, 7) is 10.00. The zero-order valence-corrected chi connectivity index (χ0v) is 12.0. The fourth-order valence-electron chi connectivity index (χ4n) is 1.44. The number of nitrogens with zero attached hydrogens (tertiary/aromatic N) is 2. The average Bonchev–Trinajstić information content (AvgIpc) is 2.72. The van der Waals surface area contributed by atoms with Crippen LogP contribution in [0, 0.1) is 5.92 Å². The summed E-state index contributed by atoms with van der Waals surface area (Å²) in [5.41, 5.74) is 0. The van der Waals surface area contributed by atoms with Gasteiger partial charge in [-0.15, -0.1) is 0 Å². The van der Waals surface area contributed by atoms with E-state index in [0.717, 1.165) is 37.0 Å². The molecule has 0 saturated carbocycles. The normalized spacial score (nSPS) is 13.0. The molecular formula is C12H23N3OS. The number of rotatable bonds is 8. The number of aryl methyl sites for hydroxylation is 1. The van der Waals surface area contributed by atoms with E-state index in [1.165, 1.54) is 11.5 Å². The van der Waals surface area contributed by atoms with E-state index in [4.69, 9.17) is 4.74 Å². The van der Waals surface area contributed by atoms with Gasteiger partial charge in [0.05, 0.1) is 12.6 Å². The van der Waals surface area contributed by atoms with Gasteiger partial charge in [0.25, 0.3) is 0 Å². The molecule has 0 saturated heterocycles. The van der Waals surface area contributed by atoms with Crippen molar-refractivity contribution >= 4 is 16.7 Å². The van der Waals surface area contributed by atoms with E-state index in [9.17, 15) is 0 Å². The predicted octanol–water partition coefficient (Wildman–Crippen LogP) is 2.96. The summed E-state index contributed by atoms with van der Waals surface area (Å²) >= 11 is 1.44. The van der Waals surface area contributed by atoms with Crippen LogP contribution in [-0.2, 0) is 11.2 Å². The minimum atomic E-state index is 0.303. The largest absolute Gasteiger partial charge is 0.380 e. The first kappa shape index (κ1) is 14.4. The van der Waals surface area contributed by atoms with Gasteiger partial charge in [-0.2, -0.15) is 4.37 Å². The fourth-order valence-corrected chi connectivity index (χ4v) is 2.12. The zero-order chi connectivity index (χ0) is 12.7. The third-order valence-electron chi connectivity index (χ3n) is 2.56. The summed E-state index contributed by atoms with van der Waals surface area (Å²) in [6, 6.07) is 0.303. The van der Waals surface area contributed by atoms with Gasteiger partial charge >= 0.3 is 0 Å². The van der Waals surface area contributed by atoms with Crippen molar-refractivity contribution in [1.82, 2.24) is 9.36 Å². The van der Waals surface area contributed by atoms with E-state index in [1.807, 2.05) is 6.92 Å². The van der Waals surface area contributed by atoms with Crippen molar-refractivity contribution in [1.29, 1.82) is 0 Å². The molecule has 1 aromatic rings. The molecule has 0 radical (unpaired) electrons. The summed E-state index contributed by atoms with van der Waals surface area (Å²) in [5, 5.41) is 4.32. The third kappa shape index (κ3) is 5.00. The molecule has 1 heterocycles. The number of hydrogen-bond acceptors (Lipinski definition) is 5. The zero-order valence-electron chi connectivity index (χ0n) is 11.2. The highest BCUT2D eigenvalue weighted by Gasteiger charge is 2.15. The second-order valence-electron chi connectivity index (χ2n) is 4.42. The van der Waals surface area contributed by atoms with Crippen LogP contribution in [-0.4, -0.2) is 28.6 Å². The van der Waals surface area contributed by atoms with E-state index in [-0.39, 0.29) is 0 Å². The average molecular weight is 257 g/mol. The Morgan fingerprint density at radius 1 is 1.35 bits per heavy atom. The summed E-state index contributed by atoms with van der Waals surface area (Å²) < 4.78 is 9.80. The van der Waals surface area contributed by atoms with Gasteiger partial charge in [0, 0.05) is 24.6 Å². The molecule has 1 N–H and O–H groups in total. The smallest absolute Gasteiger partial charge is 0.202 e. The highest BCUT2D eigenvalue weighted by atomic mass is 32.1. The molecule has 0 fully saturated rings. The maximum absolute atomic E-state index is 5.48. The van der Waals surface area contributed by atoms with Crippen LogP contribution in [0.3, 0.4) is 0 Å². The molecule has 0 aliphatic carbocycles. The fraction of sp³-hybridized carbons (Fsp3) is 0.833. The quantitative estimate of drug-likeness (QED) is 0.778. The Bertz CT molecular complexity index is 314. The van der Waals surface area contributed by atoms with Crippen molar-refractivity contribution < 1.29 is 4.74 Å². The van der Waals surface area contributed by atoms with E-state index >= 15 is 0 Å². The lowest BCUT2D eigenvalue weighted by Crippen LogP contribution is -2.30. The van der Waals surface area contributed by atoms with Crippen LogP contribution in [0.15, 0.2) is 0 Å². The minimum absolute atomic E-state index is 0.303. The van der Waals surface area contributed by atoms with E-state index in [1.54, 1.807) is 0 Å². The summed E-state index contributed by atoms with van der Waals surface area (Å²) in [7, 11) is 0. The van der Waals surface area contributed by atoms with Crippen molar-refractivity contribution in [2.45, 2.75) is 46.6 Å². The maximum atomic E-state index is 5.48. The number of anilines is 1. The third-order valence-corrected chi connectivity index (χ3v) is 3.24. The van der Waals surface area contributed by atoms with E-state index in [2.05, 4.69) is 35.4 Å². The van der Waals surface area contributed by atoms with Gasteiger partial charge in [-0.3, -0.25) is 0 Å². The first-order valence-electron chi connectivity index (χ1n) is 6.34. The number of nitrogens with one attached hydrogen (secondary N) is 1. The molecule has 1 atom stereocenters. The van der Waals surface area contributed by atoms with Crippen molar-refractivity contribution in [2.24, 2.45) is 5.92 Å². The molecule has 1 unspecified atom stereocenters. The maximum Gasteiger partial charge on any atom is 0.202 e. The number of ether oxygens (including phenoxy) is 1. The highest BCUT2D eigenvalue weighted by molar-refractivity contribution is 7.09. The molecule has 98 valence electrons. The molecule has 0 bridgehead atoms. The van der Waals surface area contributed by atoms with E-state index < -0.39 is 0 Å². The molecule has 1 aromatic heterocycles. The van der Waals surface area contributed by atoms with Crippen molar-refractivity contribution in [2.75, 3.05) is 18.5 Å². The lowest BCUT2D eigenvalue weighted by atomic mass is 10.1. The van der Waals surface area contributed by atoms with Crippen LogP contribution in [0.5, 0.6) is 0 Å². The standard InChI is InChI=1S/C12H23N3OS/c1-5-7-11-14-12(17-15-11)13-10(9(3)4)8-16-6-2/h9-10H,5-8H2,1-4H3,(H,13,14,15). The summed E-state index contributed by atoms with van der Waals surface area (Å²) in [4.78, 5) is 4.47. The van der Waals surface area contributed by atoms with Crippen LogP contribution in [0.25, 0.3) is 0 Å². The molecule has 0 aliphatic rings. The van der Waals surface area contributed by atoms with Gasteiger partial charge in [-0.1, -0.05) is 20.8 Å². The van der Waals surface area contributed by atoms with Crippen LogP contribution in [0.2, 0.25) is 0 Å². The summed E-state index contributed by atoms with van der Waals surface area (Å²) in [6.07, 6.45) is 2.04. The molecule has 1 rings (SSSR count). The first-order chi connectivity index (χ1) is 8.17. The Hall–Kier alpha value is -0.680. The van der Waals surface area contributed by atoms with Crippen molar-refractivity contribution in [3.8, 4) is 0 Å². The molecule has 0 amide bonds. The lowest BCUT2D eigenvalue weighted by Gasteiger charge is -2.21. The Morgan fingerprint density at radius 2 is 2.12 bits per heavy atom. The number of aromatic nitrogens is 2. The molecule has 4 nitrogen and oxygen atoms in total. The van der Waals surface area contributed by atoms with Crippen molar-refractivity contribution in [3.63, 3.8) is 0 Å². The molecule has 0 aliphatic heterocycles. The lowest BCUT2D eigenvalue weighted by molar-refractivity contribution is 0.127. The predicted molar refractivity (Wildman–Crippen MR) is 72.6 cm³/mol. The number of hydrogen-bond donors (Lipinski definition) is 1. The minimum Gasteiger partial charge on any atom is -0.380 e. The van der Waals surface area contributed by atoms with Gasteiger partial charge in [-0.05, 0) is 19.3 Å². The van der Waals surface area contributed by atoms with Crippen LogP contribution < -0.4 is 5.32 Å². The van der Waals surface area contributed by atoms with Crippen molar-refractivity contribution in [3.05, 3.63) is 5.82 Å². The SMILES string of the molecule is CCCc1nsc(NC(COCC)C(C)C)n1. The Labute approximate surface area is 108 Å². The molecule has 5 heteroatoms. The second kappa shape index (κ2) is 7.61. The monoisotopic (exact) mass is 257 g/mol. The van der Waals surface area contributed by atoms with Gasteiger partial charge in [0.1, 0.15) is 5.82 Å². The first-order valence-corrected chi connectivity index (χ1v) is 7.11. The highest BCUT2D eigenvalue weighted by Crippen LogP contribution is 2.16. The van der Waals surface area contributed by atoms with Gasteiger partial charge in [0.15, 0.2) is 0 Å². The Morgan fingerprint density at radius 3 is 2.71 bits per heavy atom. The van der Waals surface area contributed by atoms with Gasteiger partial charge in [0.2, 0.25) is 5.13 Å². The van der Waals surface area contributed by atoms with Gasteiger partial charge < -0.3 is 10.1 Å². The molecule has 17 heavy (non-hydrogen) atoms. The molecule has 0 aromatic carbocycles. The Kier molecular flexibility index (Phi) is 6.44. The van der Waals surface area contributed by atoms with E-state index in [0.29, 0.717) is 12.0 Å². The molecular weight excluding hydrogens is 234 g/mol. The summed E-state index contributed by atoms with van der Waals surface area (Å²) in [5.74, 6) is 1.46. The van der Waals surface area contributed by atoms with Crippen LogP contribution >= 0.6 is 11.5 Å². The molecule has 0 spiro atoms. The topological polar surface area (TPSA) is 47.0 Å². The van der Waals surface area contributed by atoms with Crippen LogP contribution in [0.1, 0.15) is 39.9 Å². The Balaban J connectivity index is 2.52. The second-order valence-corrected chi connectivity index (χ2v) is 5.17.